The van der Waals surface area contributed by atoms with Crippen molar-refractivity contribution < 1.29 is 9.84 Å². The second-order valence-corrected chi connectivity index (χ2v) is 3.33. The fourth-order valence-corrected chi connectivity index (χ4v) is 1.42. The van der Waals surface area contributed by atoms with E-state index in [-0.39, 0.29) is 5.75 Å². The summed E-state index contributed by atoms with van der Waals surface area (Å²) in [6.45, 7) is 0.441. The molecule has 6 nitrogen and oxygen atoms in total. The summed E-state index contributed by atoms with van der Waals surface area (Å²) in [4.78, 5) is 8.07. The first-order valence-electron chi connectivity index (χ1n) is 4.73. The lowest BCUT2D eigenvalue weighted by atomic mass is 10.2. The second kappa shape index (κ2) is 4.28. The molecule has 0 aliphatic heterocycles. The van der Waals surface area contributed by atoms with Crippen molar-refractivity contribution in [2.75, 3.05) is 7.11 Å². The Bertz CT molecular complexity index is 478. The van der Waals surface area contributed by atoms with Gasteiger partial charge in [-0.3, -0.25) is 4.68 Å². The summed E-state index contributed by atoms with van der Waals surface area (Å²) < 4.78 is 6.80. The van der Waals surface area contributed by atoms with Crippen LogP contribution in [0, 0.1) is 0 Å². The number of ether oxygens (including phenoxy) is 1. The normalized spacial score (nSPS) is 10.6. The van der Waals surface area contributed by atoms with Gasteiger partial charge < -0.3 is 9.84 Å². The number of nitrogens with zero attached hydrogens (tertiary/aromatic N) is 4. The monoisotopic (exact) mass is 220 g/mol. The lowest BCUT2D eigenvalue weighted by molar-refractivity contribution is 0.178. The minimum Gasteiger partial charge on any atom is -0.505 e. The maximum Gasteiger partial charge on any atom is 0.162 e. The second-order valence-electron chi connectivity index (χ2n) is 3.33. The molecule has 6 heteroatoms. The summed E-state index contributed by atoms with van der Waals surface area (Å²) in [5.41, 5.74) is 1.71. The first-order chi connectivity index (χ1) is 7.72. The van der Waals surface area contributed by atoms with Gasteiger partial charge in [0, 0.05) is 14.2 Å². The molecule has 0 aromatic carbocycles. The highest BCUT2D eigenvalue weighted by Gasteiger charge is 2.12. The fraction of sp³-hybridized carbons (Fsp3) is 0.300. The lowest BCUT2D eigenvalue weighted by Gasteiger charge is -2.03. The molecule has 2 aromatic rings. The Labute approximate surface area is 92.5 Å². The zero-order chi connectivity index (χ0) is 11.5. The molecule has 0 aliphatic rings. The van der Waals surface area contributed by atoms with Crippen LogP contribution in [0.15, 0.2) is 18.6 Å². The average Bonchev–Trinajstić information content (AvgIpc) is 2.63. The Balaban J connectivity index is 2.43. The minimum absolute atomic E-state index is 0.0425. The third kappa shape index (κ3) is 1.87. The summed E-state index contributed by atoms with van der Waals surface area (Å²) >= 11 is 0. The highest BCUT2D eigenvalue weighted by atomic mass is 16.5. The number of hydrogen-bond acceptors (Lipinski definition) is 5. The van der Waals surface area contributed by atoms with Gasteiger partial charge in [-0.2, -0.15) is 5.10 Å². The van der Waals surface area contributed by atoms with E-state index in [9.17, 15) is 0 Å². The molecule has 0 saturated heterocycles. The van der Waals surface area contributed by atoms with E-state index < -0.39 is 0 Å². The Morgan fingerprint density at radius 1 is 1.31 bits per heavy atom. The van der Waals surface area contributed by atoms with E-state index in [2.05, 4.69) is 15.1 Å². The number of methoxy groups -OCH3 is 1. The van der Waals surface area contributed by atoms with E-state index in [1.165, 1.54) is 12.4 Å². The molecule has 2 rings (SSSR count). The lowest BCUT2D eigenvalue weighted by Crippen LogP contribution is -2.01. The molecule has 0 aliphatic carbocycles. The molecule has 0 unspecified atom stereocenters. The number of rotatable bonds is 3. The van der Waals surface area contributed by atoms with Crippen molar-refractivity contribution in [3.63, 3.8) is 0 Å². The smallest absolute Gasteiger partial charge is 0.162 e. The topological polar surface area (TPSA) is 73.1 Å². The van der Waals surface area contributed by atoms with Crippen LogP contribution in [0.5, 0.6) is 5.75 Å². The van der Waals surface area contributed by atoms with Gasteiger partial charge in [-0.05, 0) is 0 Å². The standard InChI is InChI=1S/C10H12N4O2/c1-14-9(6-16-2)8(5-13-14)10-11-3-7(15)4-12-10/h3-5,15H,6H2,1-2H3. The van der Waals surface area contributed by atoms with Crippen molar-refractivity contribution in [2.24, 2.45) is 7.05 Å². The van der Waals surface area contributed by atoms with Crippen LogP contribution in [0.1, 0.15) is 5.69 Å². The van der Waals surface area contributed by atoms with Gasteiger partial charge in [0.25, 0.3) is 0 Å². The van der Waals surface area contributed by atoms with Crippen LogP contribution in [-0.4, -0.2) is 32.0 Å². The van der Waals surface area contributed by atoms with Crippen LogP contribution >= 0.6 is 0 Å². The highest BCUT2D eigenvalue weighted by Crippen LogP contribution is 2.20. The number of aromatic hydroxyl groups is 1. The molecule has 0 radical (unpaired) electrons. The van der Waals surface area contributed by atoms with Crippen LogP contribution < -0.4 is 0 Å². The largest absolute Gasteiger partial charge is 0.505 e. The Morgan fingerprint density at radius 2 is 2.00 bits per heavy atom. The van der Waals surface area contributed by atoms with Crippen LogP contribution in [0.4, 0.5) is 0 Å². The minimum atomic E-state index is 0.0425. The summed E-state index contributed by atoms with van der Waals surface area (Å²) in [7, 11) is 3.45. The molecule has 1 N–H and O–H groups in total. The predicted octanol–water partition coefficient (Wildman–Crippen LogP) is 0.729. The zero-order valence-electron chi connectivity index (χ0n) is 9.08. The van der Waals surface area contributed by atoms with E-state index in [0.717, 1.165) is 11.3 Å². The molecule has 0 spiro atoms. The van der Waals surface area contributed by atoms with Gasteiger partial charge in [0.05, 0.1) is 36.5 Å². The molecule has 0 saturated carbocycles. The van der Waals surface area contributed by atoms with Gasteiger partial charge in [0.1, 0.15) is 0 Å². The van der Waals surface area contributed by atoms with Crippen molar-refractivity contribution in [3.05, 3.63) is 24.3 Å². The highest BCUT2D eigenvalue weighted by molar-refractivity contribution is 5.57. The van der Waals surface area contributed by atoms with Crippen molar-refractivity contribution in [3.8, 4) is 17.1 Å². The molecule has 0 bridgehead atoms. The molecular weight excluding hydrogens is 208 g/mol. The Hall–Kier alpha value is -1.95. The first kappa shape index (κ1) is 10.6. The number of aryl methyl sites for hydroxylation is 1. The van der Waals surface area contributed by atoms with Crippen molar-refractivity contribution in [1.29, 1.82) is 0 Å². The van der Waals surface area contributed by atoms with Crippen LogP contribution in [-0.2, 0) is 18.4 Å². The third-order valence-corrected chi connectivity index (χ3v) is 2.22. The summed E-state index contributed by atoms with van der Waals surface area (Å²) in [6, 6.07) is 0. The molecule has 16 heavy (non-hydrogen) atoms. The van der Waals surface area contributed by atoms with Gasteiger partial charge in [0.15, 0.2) is 11.6 Å². The van der Waals surface area contributed by atoms with Crippen molar-refractivity contribution in [2.45, 2.75) is 6.61 Å². The molecule has 0 fully saturated rings. The van der Waals surface area contributed by atoms with E-state index in [0.29, 0.717) is 12.4 Å². The SMILES string of the molecule is COCc1c(-c2ncc(O)cn2)cnn1C. The van der Waals surface area contributed by atoms with Gasteiger partial charge in [0.2, 0.25) is 0 Å². The van der Waals surface area contributed by atoms with E-state index in [1.807, 2.05) is 7.05 Å². The van der Waals surface area contributed by atoms with E-state index >= 15 is 0 Å². The maximum atomic E-state index is 9.11. The Morgan fingerprint density at radius 3 is 2.62 bits per heavy atom. The van der Waals surface area contributed by atoms with E-state index in [1.54, 1.807) is 18.0 Å². The quantitative estimate of drug-likeness (QED) is 0.825. The van der Waals surface area contributed by atoms with Crippen LogP contribution in [0.2, 0.25) is 0 Å². The molecular formula is C10H12N4O2. The third-order valence-electron chi connectivity index (χ3n) is 2.22. The summed E-state index contributed by atoms with van der Waals surface area (Å²) in [5, 5.41) is 13.2. The molecule has 2 aromatic heterocycles. The van der Waals surface area contributed by atoms with Gasteiger partial charge in [-0.15, -0.1) is 0 Å². The molecule has 2 heterocycles. The zero-order valence-corrected chi connectivity index (χ0v) is 9.08. The van der Waals surface area contributed by atoms with E-state index in [4.69, 9.17) is 9.84 Å². The average molecular weight is 220 g/mol. The Kier molecular flexibility index (Phi) is 2.82. The fourth-order valence-electron chi connectivity index (χ4n) is 1.42. The van der Waals surface area contributed by atoms with Gasteiger partial charge in [-0.1, -0.05) is 0 Å². The summed E-state index contributed by atoms with van der Waals surface area (Å²) in [6.07, 6.45) is 4.39. The summed E-state index contributed by atoms with van der Waals surface area (Å²) in [5.74, 6) is 0.568. The molecule has 84 valence electrons. The van der Waals surface area contributed by atoms with Crippen molar-refractivity contribution >= 4 is 0 Å². The number of hydrogen-bond donors (Lipinski definition) is 1. The predicted molar refractivity (Wildman–Crippen MR) is 56.6 cm³/mol. The molecule has 0 amide bonds. The van der Waals surface area contributed by atoms with Crippen molar-refractivity contribution in [1.82, 2.24) is 19.7 Å². The molecule has 0 atom stereocenters. The number of aromatic nitrogens is 4. The van der Waals surface area contributed by atoms with Crippen LogP contribution in [0.25, 0.3) is 11.4 Å². The van der Waals surface area contributed by atoms with Gasteiger partial charge in [-0.25, -0.2) is 9.97 Å². The maximum absolute atomic E-state index is 9.11. The van der Waals surface area contributed by atoms with Gasteiger partial charge >= 0.3 is 0 Å². The van der Waals surface area contributed by atoms with Crippen LogP contribution in [0.3, 0.4) is 0 Å². The first-order valence-corrected chi connectivity index (χ1v) is 4.73.